The molecule has 0 radical (unpaired) electrons. The first-order chi connectivity index (χ1) is 6.20. The van der Waals surface area contributed by atoms with E-state index in [0.717, 1.165) is 16.6 Å². The van der Waals surface area contributed by atoms with Gasteiger partial charge in [-0.05, 0) is 18.6 Å². The van der Waals surface area contributed by atoms with Crippen molar-refractivity contribution in [2.45, 2.75) is 13.8 Å². The summed E-state index contributed by atoms with van der Waals surface area (Å²) >= 11 is 0. The quantitative estimate of drug-likeness (QED) is 0.479. The predicted octanol–water partition coefficient (Wildman–Crippen LogP) is 1.98. The molecule has 13 heavy (non-hydrogen) atoms. The molecule has 0 aliphatic heterocycles. The Kier molecular flexibility index (Phi) is 1.69. The number of nitrogens with zero attached hydrogens (tertiary/aromatic N) is 1. The van der Waals surface area contributed by atoms with Crippen LogP contribution in [0.15, 0.2) is 30.3 Å². The zero-order chi connectivity index (χ0) is 9.42. The molecule has 2 heteroatoms. The van der Waals surface area contributed by atoms with E-state index in [0.29, 0.717) is 0 Å². The van der Waals surface area contributed by atoms with Gasteiger partial charge in [-0.1, -0.05) is 12.1 Å². The standard InChI is InChI=1S/C11H12NO/c1-8-7-9(2)12(13)11-6-4-3-5-10(8)11/h3-7,13H,1-2H3/q+1. The molecule has 0 saturated heterocycles. The second-order valence-corrected chi connectivity index (χ2v) is 3.30. The Morgan fingerprint density at radius 2 is 1.85 bits per heavy atom. The summed E-state index contributed by atoms with van der Waals surface area (Å²) in [7, 11) is 0. The third kappa shape index (κ3) is 1.15. The highest BCUT2D eigenvalue weighted by atomic mass is 16.5. The fourth-order valence-electron chi connectivity index (χ4n) is 1.63. The van der Waals surface area contributed by atoms with E-state index in [2.05, 4.69) is 6.92 Å². The highest BCUT2D eigenvalue weighted by molar-refractivity contribution is 5.79. The van der Waals surface area contributed by atoms with Crippen LogP contribution in [-0.2, 0) is 0 Å². The maximum atomic E-state index is 9.70. The SMILES string of the molecule is Cc1cc(C)[n+](O)c2ccccc12. The largest absolute Gasteiger partial charge is 0.284 e. The first-order valence-corrected chi connectivity index (χ1v) is 4.30. The average molecular weight is 174 g/mol. The van der Waals surface area contributed by atoms with Gasteiger partial charge in [-0.25, -0.2) is 0 Å². The van der Waals surface area contributed by atoms with E-state index in [1.807, 2.05) is 37.3 Å². The Labute approximate surface area is 77.0 Å². The van der Waals surface area contributed by atoms with Gasteiger partial charge in [-0.3, -0.25) is 5.21 Å². The van der Waals surface area contributed by atoms with Gasteiger partial charge in [-0.2, -0.15) is 0 Å². The molecule has 66 valence electrons. The van der Waals surface area contributed by atoms with Crippen LogP contribution in [0.25, 0.3) is 10.9 Å². The molecule has 0 fully saturated rings. The highest BCUT2D eigenvalue weighted by Gasteiger charge is 2.12. The summed E-state index contributed by atoms with van der Waals surface area (Å²) < 4.78 is 1.22. The maximum absolute atomic E-state index is 9.70. The molecule has 1 N–H and O–H groups in total. The lowest BCUT2D eigenvalue weighted by Gasteiger charge is -1.99. The fourth-order valence-corrected chi connectivity index (χ4v) is 1.63. The van der Waals surface area contributed by atoms with E-state index in [1.165, 1.54) is 10.3 Å². The van der Waals surface area contributed by atoms with Crippen LogP contribution in [0, 0.1) is 13.8 Å². The monoisotopic (exact) mass is 174 g/mol. The molecular weight excluding hydrogens is 162 g/mol. The number of pyridine rings is 1. The number of rotatable bonds is 0. The number of hydrogen-bond donors (Lipinski definition) is 1. The van der Waals surface area contributed by atoms with E-state index in [4.69, 9.17) is 0 Å². The van der Waals surface area contributed by atoms with Gasteiger partial charge in [0.2, 0.25) is 5.69 Å². The number of para-hydroxylation sites is 1. The van der Waals surface area contributed by atoms with Crippen molar-refractivity contribution in [2.75, 3.05) is 0 Å². The summed E-state index contributed by atoms with van der Waals surface area (Å²) in [6, 6.07) is 9.80. The average Bonchev–Trinajstić information content (AvgIpc) is 2.15. The Bertz CT molecular complexity index is 463. The fraction of sp³-hybridized carbons (Fsp3) is 0.182. The second-order valence-electron chi connectivity index (χ2n) is 3.30. The normalized spacial score (nSPS) is 10.6. The third-order valence-corrected chi connectivity index (χ3v) is 2.32. The number of aromatic nitrogens is 1. The molecular formula is C11H12NO+. The minimum absolute atomic E-state index is 0.858. The van der Waals surface area contributed by atoms with Crippen molar-refractivity contribution in [3.05, 3.63) is 41.6 Å². The van der Waals surface area contributed by atoms with E-state index in [9.17, 15) is 5.21 Å². The van der Waals surface area contributed by atoms with Crippen LogP contribution in [0.1, 0.15) is 11.3 Å². The lowest BCUT2D eigenvalue weighted by molar-refractivity contribution is -0.888. The van der Waals surface area contributed by atoms with Gasteiger partial charge in [0.05, 0.1) is 5.39 Å². The van der Waals surface area contributed by atoms with Crippen molar-refractivity contribution < 1.29 is 9.94 Å². The molecule has 0 atom stereocenters. The zero-order valence-electron chi connectivity index (χ0n) is 7.78. The second kappa shape index (κ2) is 2.73. The molecule has 1 aromatic carbocycles. The van der Waals surface area contributed by atoms with Crippen molar-refractivity contribution >= 4 is 10.9 Å². The minimum Gasteiger partial charge on any atom is -0.284 e. The van der Waals surface area contributed by atoms with Crippen molar-refractivity contribution in [1.29, 1.82) is 0 Å². The summed E-state index contributed by atoms with van der Waals surface area (Å²) in [5.41, 5.74) is 2.91. The summed E-state index contributed by atoms with van der Waals surface area (Å²) in [6.45, 7) is 3.94. The van der Waals surface area contributed by atoms with Crippen LogP contribution < -0.4 is 4.73 Å². The molecule has 0 amide bonds. The first kappa shape index (κ1) is 8.05. The molecule has 1 heterocycles. The van der Waals surface area contributed by atoms with E-state index >= 15 is 0 Å². The van der Waals surface area contributed by atoms with Gasteiger partial charge >= 0.3 is 0 Å². The van der Waals surface area contributed by atoms with Crippen molar-refractivity contribution in [3.63, 3.8) is 0 Å². The highest BCUT2D eigenvalue weighted by Crippen LogP contribution is 2.14. The van der Waals surface area contributed by atoms with Crippen LogP contribution in [0.2, 0.25) is 0 Å². The molecule has 0 aliphatic carbocycles. The molecule has 0 bridgehead atoms. The van der Waals surface area contributed by atoms with E-state index in [1.54, 1.807) is 0 Å². The summed E-state index contributed by atoms with van der Waals surface area (Å²) in [5, 5.41) is 10.8. The van der Waals surface area contributed by atoms with Gasteiger partial charge in [0.1, 0.15) is 0 Å². The lowest BCUT2D eigenvalue weighted by atomic mass is 10.1. The third-order valence-electron chi connectivity index (χ3n) is 2.32. The van der Waals surface area contributed by atoms with E-state index < -0.39 is 0 Å². The molecule has 1 aromatic heterocycles. The van der Waals surface area contributed by atoms with Crippen LogP contribution in [0.4, 0.5) is 0 Å². The summed E-state index contributed by atoms with van der Waals surface area (Å²) in [4.78, 5) is 0. The lowest BCUT2D eigenvalue weighted by Crippen LogP contribution is -2.34. The molecule has 0 aliphatic rings. The maximum Gasteiger partial charge on any atom is 0.265 e. The number of benzene rings is 1. The van der Waals surface area contributed by atoms with Gasteiger partial charge in [-0.15, -0.1) is 0 Å². The van der Waals surface area contributed by atoms with Crippen LogP contribution in [0.5, 0.6) is 0 Å². The van der Waals surface area contributed by atoms with Crippen molar-refractivity contribution in [1.82, 2.24) is 0 Å². The Balaban J connectivity index is 2.97. The number of hydrogen-bond acceptors (Lipinski definition) is 1. The van der Waals surface area contributed by atoms with E-state index in [-0.39, 0.29) is 0 Å². The zero-order valence-corrected chi connectivity index (χ0v) is 7.78. The summed E-state index contributed by atoms with van der Waals surface area (Å²) in [6.07, 6.45) is 0. The predicted molar refractivity (Wildman–Crippen MR) is 50.8 cm³/mol. The van der Waals surface area contributed by atoms with Crippen LogP contribution >= 0.6 is 0 Å². The smallest absolute Gasteiger partial charge is 0.265 e. The first-order valence-electron chi connectivity index (χ1n) is 4.30. The molecule has 0 spiro atoms. The Hall–Kier alpha value is -1.57. The summed E-state index contributed by atoms with van der Waals surface area (Å²) in [5.74, 6) is 0. The Morgan fingerprint density at radius 1 is 1.15 bits per heavy atom. The van der Waals surface area contributed by atoms with Gasteiger partial charge < -0.3 is 0 Å². The van der Waals surface area contributed by atoms with Gasteiger partial charge in [0.15, 0.2) is 0 Å². The molecule has 2 nitrogen and oxygen atoms in total. The molecule has 0 unspecified atom stereocenters. The molecule has 0 saturated carbocycles. The molecule has 2 aromatic rings. The van der Waals surface area contributed by atoms with Gasteiger partial charge in [0.25, 0.3) is 5.52 Å². The van der Waals surface area contributed by atoms with Gasteiger partial charge in [0, 0.05) is 23.8 Å². The molecule has 2 rings (SSSR count). The topological polar surface area (TPSA) is 24.1 Å². The van der Waals surface area contributed by atoms with Crippen molar-refractivity contribution in [3.8, 4) is 0 Å². The number of fused-ring (bicyclic) bond motifs is 1. The van der Waals surface area contributed by atoms with Crippen molar-refractivity contribution in [2.24, 2.45) is 0 Å². The van der Waals surface area contributed by atoms with Crippen LogP contribution in [-0.4, -0.2) is 5.21 Å². The van der Waals surface area contributed by atoms with Crippen LogP contribution in [0.3, 0.4) is 0 Å². The number of aryl methyl sites for hydroxylation is 2. The Morgan fingerprint density at radius 3 is 2.62 bits per heavy atom. The minimum atomic E-state index is 0.858.